The third kappa shape index (κ3) is 3.67. The molecule has 2 rings (SSSR count). The molecular formula is C13H9F3N2OS. The SMILES string of the molecule is O=C(N/N=C\c1ccc(C(F)(F)F)cc1)c1cccs1. The van der Waals surface area contributed by atoms with Crippen LogP contribution in [0.1, 0.15) is 20.8 Å². The van der Waals surface area contributed by atoms with Gasteiger partial charge in [-0.15, -0.1) is 11.3 Å². The number of hydrogen-bond acceptors (Lipinski definition) is 3. The van der Waals surface area contributed by atoms with Gasteiger partial charge in [0.1, 0.15) is 0 Å². The fourth-order valence-corrected chi connectivity index (χ4v) is 2.00. The zero-order chi connectivity index (χ0) is 14.6. The molecule has 0 fully saturated rings. The van der Waals surface area contributed by atoms with E-state index in [4.69, 9.17) is 0 Å². The van der Waals surface area contributed by atoms with Crippen LogP contribution in [0.25, 0.3) is 0 Å². The Labute approximate surface area is 116 Å². The second kappa shape index (κ2) is 5.87. The average Bonchev–Trinajstić information content (AvgIpc) is 2.92. The predicted molar refractivity (Wildman–Crippen MR) is 70.8 cm³/mol. The lowest BCUT2D eigenvalue weighted by Gasteiger charge is -2.05. The van der Waals surface area contributed by atoms with Crippen molar-refractivity contribution in [3.8, 4) is 0 Å². The van der Waals surface area contributed by atoms with Gasteiger partial charge in [-0.1, -0.05) is 18.2 Å². The number of carbonyl (C=O) groups is 1. The Morgan fingerprint density at radius 1 is 1.20 bits per heavy atom. The first-order valence-corrected chi connectivity index (χ1v) is 6.39. The fraction of sp³-hybridized carbons (Fsp3) is 0.0769. The summed E-state index contributed by atoms with van der Waals surface area (Å²) >= 11 is 1.27. The number of benzene rings is 1. The molecule has 0 saturated carbocycles. The Kier molecular flexibility index (Phi) is 4.19. The van der Waals surface area contributed by atoms with Gasteiger partial charge in [0.25, 0.3) is 5.91 Å². The molecular weight excluding hydrogens is 289 g/mol. The van der Waals surface area contributed by atoms with Gasteiger partial charge in [-0.2, -0.15) is 18.3 Å². The highest BCUT2D eigenvalue weighted by Gasteiger charge is 2.29. The van der Waals surface area contributed by atoms with Crippen LogP contribution in [0.3, 0.4) is 0 Å². The molecule has 0 unspecified atom stereocenters. The van der Waals surface area contributed by atoms with Gasteiger partial charge in [0.05, 0.1) is 16.7 Å². The molecule has 1 amide bonds. The minimum atomic E-state index is -4.36. The summed E-state index contributed by atoms with van der Waals surface area (Å²) in [4.78, 5) is 12.0. The van der Waals surface area contributed by atoms with Crippen LogP contribution in [0.2, 0.25) is 0 Å². The van der Waals surface area contributed by atoms with Gasteiger partial charge in [0.15, 0.2) is 0 Å². The first kappa shape index (κ1) is 14.3. The van der Waals surface area contributed by atoms with E-state index in [-0.39, 0.29) is 5.91 Å². The highest BCUT2D eigenvalue weighted by molar-refractivity contribution is 7.12. The third-order valence-electron chi connectivity index (χ3n) is 2.36. The summed E-state index contributed by atoms with van der Waals surface area (Å²) in [5.74, 6) is -0.358. The number of carbonyl (C=O) groups excluding carboxylic acids is 1. The van der Waals surface area contributed by atoms with Crippen LogP contribution >= 0.6 is 11.3 Å². The zero-order valence-electron chi connectivity index (χ0n) is 10.0. The lowest BCUT2D eigenvalue weighted by atomic mass is 10.1. The van der Waals surface area contributed by atoms with Crippen molar-refractivity contribution in [2.45, 2.75) is 6.18 Å². The van der Waals surface area contributed by atoms with Gasteiger partial charge in [0, 0.05) is 0 Å². The summed E-state index contributed by atoms with van der Waals surface area (Å²) in [6.07, 6.45) is -3.07. The van der Waals surface area contributed by atoms with E-state index in [1.54, 1.807) is 17.5 Å². The summed E-state index contributed by atoms with van der Waals surface area (Å²) in [6, 6.07) is 7.87. The predicted octanol–water partition coefficient (Wildman–Crippen LogP) is 3.53. The molecule has 3 nitrogen and oxygen atoms in total. The average molecular weight is 298 g/mol. The van der Waals surface area contributed by atoms with Crippen LogP contribution in [-0.4, -0.2) is 12.1 Å². The molecule has 2 aromatic rings. The maximum absolute atomic E-state index is 12.3. The van der Waals surface area contributed by atoms with E-state index in [1.165, 1.54) is 29.7 Å². The molecule has 1 aromatic carbocycles. The van der Waals surface area contributed by atoms with Crippen molar-refractivity contribution in [2.75, 3.05) is 0 Å². The van der Waals surface area contributed by atoms with Crippen LogP contribution in [0.15, 0.2) is 46.9 Å². The van der Waals surface area contributed by atoms with Crippen LogP contribution in [0.4, 0.5) is 13.2 Å². The van der Waals surface area contributed by atoms with E-state index in [0.717, 1.165) is 12.1 Å². The standard InChI is InChI=1S/C13H9F3N2OS/c14-13(15,16)10-5-3-9(4-6-10)8-17-18-12(19)11-2-1-7-20-11/h1-8H,(H,18,19)/b17-8-. The van der Waals surface area contributed by atoms with Gasteiger partial charge in [-0.3, -0.25) is 4.79 Å². The Hall–Kier alpha value is -2.15. The quantitative estimate of drug-likeness (QED) is 0.683. The highest BCUT2D eigenvalue weighted by Crippen LogP contribution is 2.28. The summed E-state index contributed by atoms with van der Waals surface area (Å²) in [5.41, 5.74) is 2.03. The monoisotopic (exact) mass is 298 g/mol. The second-order valence-corrected chi connectivity index (χ2v) is 4.74. The van der Waals surface area contributed by atoms with E-state index in [2.05, 4.69) is 10.5 Å². The van der Waals surface area contributed by atoms with Crippen molar-refractivity contribution in [1.29, 1.82) is 0 Å². The number of thiophene rings is 1. The number of halogens is 3. The van der Waals surface area contributed by atoms with E-state index in [0.29, 0.717) is 10.4 Å². The molecule has 1 N–H and O–H groups in total. The van der Waals surface area contributed by atoms with Crippen LogP contribution < -0.4 is 5.43 Å². The van der Waals surface area contributed by atoms with Crippen molar-refractivity contribution < 1.29 is 18.0 Å². The van der Waals surface area contributed by atoms with Gasteiger partial charge < -0.3 is 0 Å². The maximum Gasteiger partial charge on any atom is 0.416 e. The topological polar surface area (TPSA) is 41.5 Å². The minimum Gasteiger partial charge on any atom is -0.266 e. The number of nitrogens with zero attached hydrogens (tertiary/aromatic N) is 1. The highest BCUT2D eigenvalue weighted by atomic mass is 32.1. The number of alkyl halides is 3. The normalized spacial score (nSPS) is 11.8. The molecule has 0 spiro atoms. The van der Waals surface area contributed by atoms with Gasteiger partial charge >= 0.3 is 6.18 Å². The minimum absolute atomic E-state index is 0.358. The van der Waals surface area contributed by atoms with Crippen molar-refractivity contribution in [1.82, 2.24) is 5.43 Å². The van der Waals surface area contributed by atoms with Gasteiger partial charge in [-0.05, 0) is 29.1 Å². The van der Waals surface area contributed by atoms with Crippen molar-refractivity contribution in [2.24, 2.45) is 5.10 Å². The molecule has 0 radical (unpaired) electrons. The van der Waals surface area contributed by atoms with E-state index in [1.807, 2.05) is 0 Å². The Balaban J connectivity index is 1.97. The third-order valence-corrected chi connectivity index (χ3v) is 3.23. The van der Waals surface area contributed by atoms with E-state index >= 15 is 0 Å². The molecule has 104 valence electrons. The number of nitrogens with one attached hydrogen (secondary N) is 1. The van der Waals surface area contributed by atoms with Gasteiger partial charge in [0.2, 0.25) is 0 Å². The molecule has 0 aliphatic rings. The second-order valence-electron chi connectivity index (χ2n) is 3.80. The molecule has 0 bridgehead atoms. The first-order chi connectivity index (χ1) is 9.47. The van der Waals surface area contributed by atoms with Gasteiger partial charge in [-0.25, -0.2) is 5.43 Å². The molecule has 0 aliphatic carbocycles. The number of hydrazone groups is 1. The Morgan fingerprint density at radius 3 is 2.45 bits per heavy atom. The smallest absolute Gasteiger partial charge is 0.266 e. The van der Waals surface area contributed by atoms with E-state index < -0.39 is 11.7 Å². The van der Waals surface area contributed by atoms with Crippen LogP contribution in [0, 0.1) is 0 Å². The maximum atomic E-state index is 12.3. The molecule has 7 heteroatoms. The Morgan fingerprint density at radius 2 is 1.90 bits per heavy atom. The summed E-state index contributed by atoms with van der Waals surface area (Å²) < 4.78 is 37.0. The summed E-state index contributed by atoms with van der Waals surface area (Å²) in [5, 5.41) is 5.45. The lowest BCUT2D eigenvalue weighted by molar-refractivity contribution is -0.137. The van der Waals surface area contributed by atoms with Crippen LogP contribution in [-0.2, 0) is 6.18 Å². The largest absolute Gasteiger partial charge is 0.416 e. The summed E-state index contributed by atoms with van der Waals surface area (Å²) in [6.45, 7) is 0. The van der Waals surface area contributed by atoms with E-state index in [9.17, 15) is 18.0 Å². The number of amides is 1. The fourth-order valence-electron chi connectivity index (χ4n) is 1.39. The molecule has 0 aliphatic heterocycles. The molecule has 20 heavy (non-hydrogen) atoms. The van der Waals surface area contributed by atoms with Crippen LogP contribution in [0.5, 0.6) is 0 Å². The first-order valence-electron chi connectivity index (χ1n) is 5.51. The number of rotatable bonds is 3. The van der Waals surface area contributed by atoms with Crippen molar-refractivity contribution in [3.05, 3.63) is 57.8 Å². The number of hydrogen-bond donors (Lipinski definition) is 1. The zero-order valence-corrected chi connectivity index (χ0v) is 10.8. The summed E-state index contributed by atoms with van der Waals surface area (Å²) in [7, 11) is 0. The molecule has 0 atom stereocenters. The van der Waals surface area contributed by atoms with Crippen molar-refractivity contribution in [3.63, 3.8) is 0 Å². The van der Waals surface area contributed by atoms with Crippen molar-refractivity contribution >= 4 is 23.5 Å². The molecule has 1 heterocycles. The molecule has 1 aromatic heterocycles. The Bertz CT molecular complexity index is 604. The molecule has 0 saturated heterocycles. The lowest BCUT2D eigenvalue weighted by Crippen LogP contribution is -2.16.